The minimum absolute atomic E-state index is 0.0510. The maximum Gasteiger partial charge on any atom is 0.275 e. The fourth-order valence-corrected chi connectivity index (χ4v) is 1.90. The van der Waals surface area contributed by atoms with E-state index in [1.807, 2.05) is 6.92 Å². The van der Waals surface area contributed by atoms with Crippen LogP contribution in [0.3, 0.4) is 0 Å². The summed E-state index contributed by atoms with van der Waals surface area (Å²) in [7, 11) is 0. The fourth-order valence-electron chi connectivity index (χ4n) is 1.90. The van der Waals surface area contributed by atoms with E-state index >= 15 is 0 Å². The van der Waals surface area contributed by atoms with Gasteiger partial charge in [-0.25, -0.2) is 4.98 Å². The Balaban J connectivity index is 1.82. The molecule has 0 saturated carbocycles. The lowest BCUT2D eigenvalue weighted by Gasteiger charge is -1.99. The molecule has 4 N–H and O–H groups in total. The molecule has 0 spiro atoms. The first-order valence-electron chi connectivity index (χ1n) is 6.14. The van der Waals surface area contributed by atoms with Gasteiger partial charge >= 0.3 is 0 Å². The van der Waals surface area contributed by atoms with E-state index in [0.29, 0.717) is 11.5 Å². The molecule has 0 saturated heterocycles. The number of rotatable bonds is 3. The zero-order chi connectivity index (χ0) is 15.0. The largest absolute Gasteiger partial charge is 0.367 e. The summed E-state index contributed by atoms with van der Waals surface area (Å²) >= 11 is 0. The Hall–Kier alpha value is -2.97. The monoisotopic (exact) mass is 289 g/mol. The van der Waals surface area contributed by atoms with E-state index < -0.39 is 11.9 Å². The van der Waals surface area contributed by atoms with Crippen LogP contribution < -0.4 is 11.1 Å². The highest BCUT2D eigenvalue weighted by Crippen LogP contribution is 2.12. The molecule has 0 aliphatic carbocycles. The number of halogens is 1. The molecule has 0 unspecified atom stereocenters. The number of amides is 1. The first-order valence-corrected chi connectivity index (χ1v) is 6.14. The normalized spacial score (nSPS) is 11.0. The number of nitrogen functional groups attached to an aromatic ring is 1. The molecule has 108 valence electrons. The van der Waals surface area contributed by atoms with Crippen LogP contribution in [0, 0.1) is 12.9 Å². The van der Waals surface area contributed by atoms with E-state index in [1.165, 1.54) is 10.6 Å². The minimum atomic E-state index is -0.709. The van der Waals surface area contributed by atoms with Crippen LogP contribution in [0.25, 0.3) is 5.65 Å². The second-order valence-corrected chi connectivity index (χ2v) is 4.51. The van der Waals surface area contributed by atoms with Crippen LogP contribution in [0.15, 0.2) is 18.3 Å². The summed E-state index contributed by atoms with van der Waals surface area (Å²) in [6, 6.07) is 3.42. The highest BCUT2D eigenvalue weighted by Gasteiger charge is 2.19. The molecule has 0 bridgehead atoms. The number of pyridine rings is 1. The molecule has 3 aromatic rings. The van der Waals surface area contributed by atoms with Crippen LogP contribution in [-0.2, 0) is 6.54 Å². The van der Waals surface area contributed by atoms with Gasteiger partial charge in [0.2, 0.25) is 11.9 Å². The van der Waals surface area contributed by atoms with Gasteiger partial charge in [-0.3, -0.25) is 14.3 Å². The molecule has 0 aromatic carbocycles. The second kappa shape index (κ2) is 4.85. The molecule has 21 heavy (non-hydrogen) atoms. The van der Waals surface area contributed by atoms with E-state index in [2.05, 4.69) is 25.5 Å². The number of imidazole rings is 1. The Kier molecular flexibility index (Phi) is 3.01. The van der Waals surface area contributed by atoms with Crippen molar-refractivity contribution in [1.82, 2.24) is 29.9 Å². The van der Waals surface area contributed by atoms with E-state index in [0.717, 1.165) is 5.56 Å². The molecule has 0 fully saturated rings. The molecule has 0 atom stereocenters. The number of nitrogens with two attached hydrogens (primary N) is 1. The van der Waals surface area contributed by atoms with Gasteiger partial charge in [0.15, 0.2) is 5.69 Å². The van der Waals surface area contributed by atoms with Gasteiger partial charge in [0.1, 0.15) is 11.5 Å². The summed E-state index contributed by atoms with van der Waals surface area (Å²) in [5, 5.41) is 8.67. The van der Waals surface area contributed by atoms with Gasteiger partial charge in [-0.2, -0.15) is 9.37 Å². The zero-order valence-corrected chi connectivity index (χ0v) is 11.1. The molecule has 0 aliphatic rings. The Bertz CT molecular complexity index is 822. The van der Waals surface area contributed by atoms with Crippen molar-refractivity contribution in [2.75, 3.05) is 5.73 Å². The third-order valence-electron chi connectivity index (χ3n) is 2.90. The number of fused-ring (bicyclic) bond motifs is 1. The van der Waals surface area contributed by atoms with Crippen LogP contribution in [0.4, 0.5) is 10.3 Å². The minimum Gasteiger partial charge on any atom is -0.367 e. The lowest BCUT2D eigenvalue weighted by molar-refractivity contribution is 0.0941. The lowest BCUT2D eigenvalue weighted by Crippen LogP contribution is -2.24. The Morgan fingerprint density at radius 1 is 1.52 bits per heavy atom. The zero-order valence-electron chi connectivity index (χ0n) is 11.1. The molecule has 0 radical (unpaired) electrons. The summed E-state index contributed by atoms with van der Waals surface area (Å²) in [4.78, 5) is 19.8. The predicted octanol–water partition coefficient (Wildman–Crippen LogP) is 0.412. The number of carbonyl (C=O) groups excluding carboxylic acids is 1. The molecule has 9 heteroatoms. The van der Waals surface area contributed by atoms with Gasteiger partial charge in [-0.1, -0.05) is 0 Å². The molecule has 0 aliphatic heterocycles. The number of aromatic amines is 1. The maximum absolute atomic E-state index is 14.1. The van der Waals surface area contributed by atoms with Crippen LogP contribution >= 0.6 is 0 Å². The summed E-state index contributed by atoms with van der Waals surface area (Å²) in [6.45, 7) is 1.91. The van der Waals surface area contributed by atoms with Crippen molar-refractivity contribution in [2.24, 2.45) is 0 Å². The van der Waals surface area contributed by atoms with Crippen molar-refractivity contribution >= 4 is 17.5 Å². The average molecular weight is 289 g/mol. The summed E-state index contributed by atoms with van der Waals surface area (Å²) in [5.41, 5.74) is 6.38. The Morgan fingerprint density at radius 2 is 2.33 bits per heavy atom. The number of nitrogens with zero attached hydrogens (tertiary/aromatic N) is 4. The lowest BCUT2D eigenvalue weighted by atomic mass is 10.3. The average Bonchev–Trinajstić information content (AvgIpc) is 3.00. The van der Waals surface area contributed by atoms with Gasteiger partial charge < -0.3 is 11.1 Å². The first-order chi connectivity index (χ1) is 10.0. The van der Waals surface area contributed by atoms with Gasteiger partial charge in [-0.05, 0) is 24.6 Å². The summed E-state index contributed by atoms with van der Waals surface area (Å²) in [6.07, 6.45) is 1.53. The Morgan fingerprint density at radius 3 is 3.05 bits per heavy atom. The van der Waals surface area contributed by atoms with Crippen molar-refractivity contribution in [1.29, 1.82) is 0 Å². The van der Waals surface area contributed by atoms with Crippen molar-refractivity contribution in [3.8, 4) is 0 Å². The number of nitrogens with one attached hydrogen (secondary N) is 2. The SMILES string of the molecule is Cc1ccn2c(F)c(C(=O)NCc3nc(N)n[nH]3)nc2c1. The number of anilines is 1. The standard InChI is InChI=1S/C12H12FN7O/c1-6-2-3-20-8(4-6)17-9(10(20)13)11(21)15-5-7-16-12(14)19-18-7/h2-4H,5H2,1H3,(H,15,21)(H3,14,16,18,19). The second-order valence-electron chi connectivity index (χ2n) is 4.51. The van der Waals surface area contributed by atoms with E-state index in [-0.39, 0.29) is 18.2 Å². The number of aromatic nitrogens is 5. The van der Waals surface area contributed by atoms with E-state index in [1.54, 1.807) is 12.1 Å². The highest BCUT2D eigenvalue weighted by molar-refractivity contribution is 5.93. The molecular formula is C12H12FN7O. The quantitative estimate of drug-likeness (QED) is 0.646. The Labute approximate surface area is 118 Å². The first kappa shape index (κ1) is 13.0. The van der Waals surface area contributed by atoms with Gasteiger partial charge in [0.25, 0.3) is 5.91 Å². The van der Waals surface area contributed by atoms with Crippen molar-refractivity contribution in [2.45, 2.75) is 13.5 Å². The number of aryl methyl sites for hydroxylation is 1. The van der Waals surface area contributed by atoms with Crippen molar-refractivity contribution in [3.05, 3.63) is 41.4 Å². The summed E-state index contributed by atoms with van der Waals surface area (Å²) < 4.78 is 15.3. The maximum atomic E-state index is 14.1. The van der Waals surface area contributed by atoms with Crippen LogP contribution in [0.5, 0.6) is 0 Å². The molecular weight excluding hydrogens is 277 g/mol. The smallest absolute Gasteiger partial charge is 0.275 e. The van der Waals surface area contributed by atoms with Gasteiger partial charge in [0, 0.05) is 6.20 Å². The molecule has 8 nitrogen and oxygen atoms in total. The molecule has 3 rings (SSSR count). The number of hydrogen-bond donors (Lipinski definition) is 3. The van der Waals surface area contributed by atoms with E-state index in [4.69, 9.17) is 5.73 Å². The van der Waals surface area contributed by atoms with Gasteiger partial charge in [-0.15, -0.1) is 5.10 Å². The van der Waals surface area contributed by atoms with Gasteiger partial charge in [0.05, 0.1) is 6.54 Å². The predicted molar refractivity (Wildman–Crippen MR) is 71.9 cm³/mol. The van der Waals surface area contributed by atoms with Crippen molar-refractivity contribution < 1.29 is 9.18 Å². The third-order valence-corrected chi connectivity index (χ3v) is 2.90. The van der Waals surface area contributed by atoms with Crippen LogP contribution in [0.2, 0.25) is 0 Å². The number of H-pyrrole nitrogens is 1. The van der Waals surface area contributed by atoms with Crippen molar-refractivity contribution in [3.63, 3.8) is 0 Å². The third kappa shape index (κ3) is 2.40. The fraction of sp³-hybridized carbons (Fsp3) is 0.167. The topological polar surface area (TPSA) is 114 Å². The number of carbonyl (C=O) groups is 1. The highest BCUT2D eigenvalue weighted by atomic mass is 19.1. The van der Waals surface area contributed by atoms with Crippen LogP contribution in [0.1, 0.15) is 21.9 Å². The number of hydrogen-bond acceptors (Lipinski definition) is 5. The van der Waals surface area contributed by atoms with Crippen LogP contribution in [-0.4, -0.2) is 30.5 Å². The molecule has 1 amide bonds. The van der Waals surface area contributed by atoms with E-state index in [9.17, 15) is 9.18 Å². The molecule has 3 heterocycles. The molecule has 3 aromatic heterocycles. The summed E-state index contributed by atoms with van der Waals surface area (Å²) in [5.74, 6) is -0.891.